The number of urea groups is 1. The smallest absolute Gasteiger partial charge is 0.335 e. The van der Waals surface area contributed by atoms with E-state index >= 15 is 0 Å². The number of carboxylic acids is 1. The van der Waals surface area contributed by atoms with E-state index in [2.05, 4.69) is 17.2 Å². The van der Waals surface area contributed by atoms with Crippen LogP contribution in [0, 0.1) is 0 Å². The van der Waals surface area contributed by atoms with Gasteiger partial charge in [0.25, 0.3) is 5.91 Å². The van der Waals surface area contributed by atoms with Crippen LogP contribution in [0.2, 0.25) is 0 Å². The first-order chi connectivity index (χ1) is 16.0. The van der Waals surface area contributed by atoms with Crippen LogP contribution in [0.1, 0.15) is 52.1 Å². The fraction of sp³-hybridized carbons (Fsp3) is 0.250. The number of rotatable bonds is 9. The van der Waals surface area contributed by atoms with Gasteiger partial charge in [-0.05, 0) is 41.6 Å². The third-order valence-corrected chi connectivity index (χ3v) is 6.29. The number of aromatic carboxylic acids is 1. The van der Waals surface area contributed by atoms with E-state index in [0.29, 0.717) is 18.8 Å². The molecule has 0 saturated carbocycles. The van der Waals surface area contributed by atoms with Crippen molar-refractivity contribution in [1.29, 1.82) is 0 Å². The first-order valence-corrected chi connectivity index (χ1v) is 11.6. The molecule has 9 heteroatoms. The van der Waals surface area contributed by atoms with E-state index in [4.69, 9.17) is 5.11 Å². The molecule has 4 rings (SSSR count). The second-order valence-corrected chi connectivity index (χ2v) is 8.78. The van der Waals surface area contributed by atoms with Gasteiger partial charge in [0.15, 0.2) is 0 Å². The molecule has 0 unspecified atom stereocenters. The number of hydrogen-bond acceptors (Lipinski definition) is 5. The topological polar surface area (TPSA) is 105 Å². The molecule has 1 saturated heterocycles. The summed E-state index contributed by atoms with van der Waals surface area (Å²) in [6.07, 6.45) is 6.17. The molecule has 0 spiro atoms. The van der Waals surface area contributed by atoms with Gasteiger partial charge in [0, 0.05) is 17.8 Å². The molecule has 1 aliphatic heterocycles. The molecule has 3 heterocycles. The lowest BCUT2D eigenvalue weighted by Crippen LogP contribution is -2.27. The highest BCUT2D eigenvalue weighted by molar-refractivity contribution is 7.09. The molecular weight excluding hydrogens is 440 g/mol. The van der Waals surface area contributed by atoms with Gasteiger partial charge in [0.2, 0.25) is 0 Å². The number of amides is 3. The Morgan fingerprint density at radius 3 is 2.64 bits per heavy atom. The predicted molar refractivity (Wildman–Crippen MR) is 125 cm³/mol. The van der Waals surface area contributed by atoms with Crippen LogP contribution in [0.25, 0.3) is 6.08 Å². The van der Waals surface area contributed by atoms with Gasteiger partial charge in [-0.25, -0.2) is 14.6 Å². The standard InChI is InChI=1S/C24H24N4O4S/c1-2-3-6-21-25-13-18(27(21)14-16-7-9-17(10-8-16)23(30)31)12-20-22(29)26-24(32)28(20)15-19-5-4-11-33-19/h4-5,7-13H,2-3,6,14-15H2,1H3,(H,30,31)(H,26,29,32)/b20-12+. The minimum absolute atomic E-state index is 0.225. The largest absolute Gasteiger partial charge is 0.478 e. The molecule has 3 aromatic rings. The van der Waals surface area contributed by atoms with Gasteiger partial charge in [0.1, 0.15) is 11.5 Å². The Morgan fingerprint density at radius 2 is 1.97 bits per heavy atom. The number of thiophene rings is 1. The van der Waals surface area contributed by atoms with Gasteiger partial charge in [-0.3, -0.25) is 15.0 Å². The number of imide groups is 1. The monoisotopic (exact) mass is 464 g/mol. The van der Waals surface area contributed by atoms with Crippen LogP contribution in [0.3, 0.4) is 0 Å². The number of carbonyl (C=O) groups excluding carboxylic acids is 2. The first-order valence-electron chi connectivity index (χ1n) is 10.7. The fourth-order valence-electron chi connectivity index (χ4n) is 3.66. The van der Waals surface area contributed by atoms with E-state index in [9.17, 15) is 14.4 Å². The summed E-state index contributed by atoms with van der Waals surface area (Å²) in [5.41, 5.74) is 2.12. The summed E-state index contributed by atoms with van der Waals surface area (Å²) in [5.74, 6) is -0.535. The van der Waals surface area contributed by atoms with Crippen LogP contribution < -0.4 is 5.32 Å². The second kappa shape index (κ2) is 9.83. The molecule has 2 aromatic heterocycles. The zero-order chi connectivity index (χ0) is 23.4. The van der Waals surface area contributed by atoms with Crippen molar-refractivity contribution in [2.75, 3.05) is 0 Å². The Morgan fingerprint density at radius 1 is 1.18 bits per heavy atom. The van der Waals surface area contributed by atoms with Crippen LogP contribution >= 0.6 is 11.3 Å². The molecule has 0 bridgehead atoms. The minimum atomic E-state index is -0.971. The molecule has 33 heavy (non-hydrogen) atoms. The number of aromatic nitrogens is 2. The maximum absolute atomic E-state index is 12.6. The van der Waals surface area contributed by atoms with Crippen molar-refractivity contribution in [1.82, 2.24) is 19.8 Å². The Bertz CT molecular complexity index is 1200. The summed E-state index contributed by atoms with van der Waals surface area (Å²) in [5, 5.41) is 13.5. The quantitative estimate of drug-likeness (QED) is 0.366. The van der Waals surface area contributed by atoms with Gasteiger partial charge in [0.05, 0.1) is 24.0 Å². The zero-order valence-electron chi connectivity index (χ0n) is 18.2. The lowest BCUT2D eigenvalue weighted by Gasteiger charge is -2.15. The third-order valence-electron chi connectivity index (χ3n) is 5.43. The van der Waals surface area contributed by atoms with E-state index in [1.807, 2.05) is 22.1 Å². The number of carboxylic acid groups (broad SMARTS) is 1. The summed E-state index contributed by atoms with van der Waals surface area (Å²) in [7, 11) is 0. The van der Waals surface area contributed by atoms with Crippen molar-refractivity contribution in [2.45, 2.75) is 39.3 Å². The first kappa shape index (κ1) is 22.5. The van der Waals surface area contributed by atoms with Crippen molar-refractivity contribution in [3.63, 3.8) is 0 Å². The van der Waals surface area contributed by atoms with E-state index in [1.54, 1.807) is 36.5 Å². The molecule has 2 N–H and O–H groups in total. The van der Waals surface area contributed by atoms with Gasteiger partial charge in [-0.15, -0.1) is 11.3 Å². The zero-order valence-corrected chi connectivity index (χ0v) is 19.0. The molecule has 3 amide bonds. The Labute approximate surface area is 195 Å². The molecule has 170 valence electrons. The van der Waals surface area contributed by atoms with Gasteiger partial charge in [-0.1, -0.05) is 31.5 Å². The number of aryl methyl sites for hydroxylation is 1. The molecule has 0 radical (unpaired) electrons. The van der Waals surface area contributed by atoms with E-state index in [1.165, 1.54) is 16.2 Å². The van der Waals surface area contributed by atoms with Crippen LogP contribution in [0.5, 0.6) is 0 Å². The number of nitrogens with zero attached hydrogens (tertiary/aromatic N) is 3. The number of hydrogen-bond donors (Lipinski definition) is 2. The maximum Gasteiger partial charge on any atom is 0.335 e. The number of benzene rings is 1. The highest BCUT2D eigenvalue weighted by Gasteiger charge is 2.33. The van der Waals surface area contributed by atoms with Crippen molar-refractivity contribution in [2.24, 2.45) is 0 Å². The number of unbranched alkanes of at least 4 members (excludes halogenated alkanes) is 1. The van der Waals surface area contributed by atoms with Crippen molar-refractivity contribution >= 4 is 35.3 Å². The van der Waals surface area contributed by atoms with Crippen LogP contribution in [-0.2, 0) is 24.3 Å². The Hall–Kier alpha value is -3.72. The van der Waals surface area contributed by atoms with E-state index < -0.39 is 17.9 Å². The van der Waals surface area contributed by atoms with Crippen molar-refractivity contribution in [3.05, 3.63) is 81.2 Å². The van der Waals surface area contributed by atoms with Crippen LogP contribution in [-0.4, -0.2) is 37.5 Å². The Balaban J connectivity index is 1.68. The summed E-state index contributed by atoms with van der Waals surface area (Å²) in [6, 6.07) is 10.1. The molecule has 0 aliphatic carbocycles. The molecule has 1 aromatic carbocycles. The average molecular weight is 465 g/mol. The SMILES string of the molecule is CCCCc1ncc(/C=C2\C(=O)NC(=O)N2Cc2cccs2)n1Cc1ccc(C(=O)O)cc1. The summed E-state index contributed by atoms with van der Waals surface area (Å²) < 4.78 is 2.01. The number of imidazole rings is 1. The Kier molecular flexibility index (Phi) is 6.69. The molecular formula is C24H24N4O4S. The van der Waals surface area contributed by atoms with Crippen molar-refractivity contribution < 1.29 is 19.5 Å². The third kappa shape index (κ3) is 5.04. The average Bonchev–Trinajstić information content (AvgIpc) is 3.50. The van der Waals surface area contributed by atoms with Crippen molar-refractivity contribution in [3.8, 4) is 0 Å². The normalized spacial score (nSPS) is 14.8. The summed E-state index contributed by atoms with van der Waals surface area (Å²) >= 11 is 1.52. The van der Waals surface area contributed by atoms with Crippen LogP contribution in [0.4, 0.5) is 4.79 Å². The highest BCUT2D eigenvalue weighted by atomic mass is 32.1. The number of carbonyl (C=O) groups is 3. The van der Waals surface area contributed by atoms with Gasteiger partial charge < -0.3 is 9.67 Å². The molecule has 1 fully saturated rings. The van der Waals surface area contributed by atoms with Gasteiger partial charge in [-0.2, -0.15) is 0 Å². The summed E-state index contributed by atoms with van der Waals surface area (Å²) in [4.78, 5) is 43.1. The van der Waals surface area contributed by atoms with E-state index in [-0.39, 0.29) is 11.3 Å². The minimum Gasteiger partial charge on any atom is -0.478 e. The lowest BCUT2D eigenvalue weighted by atomic mass is 10.1. The fourth-order valence-corrected chi connectivity index (χ4v) is 4.35. The predicted octanol–water partition coefficient (Wildman–Crippen LogP) is 4.13. The number of nitrogens with one attached hydrogen (secondary N) is 1. The van der Waals surface area contributed by atoms with Gasteiger partial charge >= 0.3 is 12.0 Å². The second-order valence-electron chi connectivity index (χ2n) is 7.75. The summed E-state index contributed by atoms with van der Waals surface area (Å²) in [6.45, 7) is 2.89. The molecule has 8 nitrogen and oxygen atoms in total. The maximum atomic E-state index is 12.6. The molecule has 0 atom stereocenters. The van der Waals surface area contributed by atoms with E-state index in [0.717, 1.165) is 35.5 Å². The lowest BCUT2D eigenvalue weighted by molar-refractivity contribution is -0.116. The molecule has 1 aliphatic rings. The highest BCUT2D eigenvalue weighted by Crippen LogP contribution is 2.23. The van der Waals surface area contributed by atoms with Crippen LogP contribution in [0.15, 0.2) is 53.7 Å².